The van der Waals surface area contributed by atoms with Crippen molar-refractivity contribution >= 4 is 11.8 Å². The second-order valence-corrected chi connectivity index (χ2v) is 7.34. The molecule has 0 unspecified atom stereocenters. The first-order chi connectivity index (χ1) is 12.9. The van der Waals surface area contributed by atoms with Gasteiger partial charge in [-0.1, -0.05) is 31.7 Å². The van der Waals surface area contributed by atoms with Gasteiger partial charge in [-0.05, 0) is 37.0 Å². The highest BCUT2D eigenvalue weighted by atomic mass is 16.4. The molecule has 142 valence electrons. The van der Waals surface area contributed by atoms with E-state index in [1.54, 1.807) is 22.9 Å². The molecule has 0 aliphatic heterocycles. The Kier molecular flexibility index (Phi) is 5.84. The Morgan fingerprint density at radius 1 is 1.22 bits per heavy atom. The first-order valence-corrected chi connectivity index (χ1v) is 9.34. The zero-order chi connectivity index (χ0) is 19.4. The molecule has 0 saturated heterocycles. The zero-order valence-electron chi connectivity index (χ0n) is 15.4. The van der Waals surface area contributed by atoms with E-state index in [2.05, 4.69) is 4.98 Å². The Hall–Kier alpha value is -2.76. The lowest BCUT2D eigenvalue weighted by atomic mass is 9.93. The fourth-order valence-electron chi connectivity index (χ4n) is 3.77. The van der Waals surface area contributed by atoms with Gasteiger partial charge < -0.3 is 9.67 Å². The second-order valence-electron chi connectivity index (χ2n) is 7.34. The highest BCUT2D eigenvalue weighted by Gasteiger charge is 2.27. The van der Waals surface area contributed by atoms with Crippen LogP contribution in [0.4, 0.5) is 0 Å². The van der Waals surface area contributed by atoms with E-state index in [1.807, 2.05) is 6.92 Å². The number of Topliss-reactive ketones (excluding diaryl/α,β-unsaturated/α-hetero) is 1. The van der Waals surface area contributed by atoms with Gasteiger partial charge in [-0.25, -0.2) is 4.79 Å². The van der Waals surface area contributed by atoms with Crippen molar-refractivity contribution < 1.29 is 14.7 Å². The summed E-state index contributed by atoms with van der Waals surface area (Å²) >= 11 is 0. The van der Waals surface area contributed by atoms with E-state index in [4.69, 9.17) is 5.11 Å². The fourth-order valence-corrected chi connectivity index (χ4v) is 3.77. The Morgan fingerprint density at radius 2 is 1.96 bits per heavy atom. The molecule has 2 aromatic rings. The molecule has 0 spiro atoms. The van der Waals surface area contributed by atoms with Crippen LogP contribution in [0.15, 0.2) is 41.5 Å². The van der Waals surface area contributed by atoms with E-state index in [0.717, 1.165) is 18.4 Å². The van der Waals surface area contributed by atoms with E-state index in [9.17, 15) is 14.4 Å². The molecule has 0 radical (unpaired) electrons. The van der Waals surface area contributed by atoms with Gasteiger partial charge >= 0.3 is 5.97 Å². The van der Waals surface area contributed by atoms with Crippen molar-refractivity contribution in [3.05, 3.63) is 63.8 Å². The van der Waals surface area contributed by atoms with Crippen LogP contribution in [0.5, 0.6) is 0 Å². The van der Waals surface area contributed by atoms with Gasteiger partial charge in [0, 0.05) is 24.2 Å². The summed E-state index contributed by atoms with van der Waals surface area (Å²) in [4.78, 5) is 40.5. The molecule has 0 bridgehead atoms. The molecule has 1 aliphatic carbocycles. The van der Waals surface area contributed by atoms with Gasteiger partial charge in [0.05, 0.1) is 18.0 Å². The Bertz CT molecular complexity index is 880. The molecule has 1 N–H and O–H groups in total. The summed E-state index contributed by atoms with van der Waals surface area (Å²) in [5, 5.41) is 8.97. The lowest BCUT2D eigenvalue weighted by molar-refractivity contribution is -0.122. The smallest absolute Gasteiger partial charge is 0.337 e. The Morgan fingerprint density at radius 3 is 2.59 bits per heavy atom. The number of carbonyl (C=O) groups excluding carboxylic acids is 1. The van der Waals surface area contributed by atoms with Gasteiger partial charge in [-0.3, -0.25) is 14.6 Å². The molecule has 1 fully saturated rings. The maximum absolute atomic E-state index is 13.1. The minimum atomic E-state index is -1.05. The summed E-state index contributed by atoms with van der Waals surface area (Å²) in [6, 6.07) is 5.75. The van der Waals surface area contributed by atoms with E-state index in [0.29, 0.717) is 18.0 Å². The van der Waals surface area contributed by atoms with Crippen LogP contribution in [0, 0.1) is 12.8 Å². The molecule has 1 atom stereocenters. The van der Waals surface area contributed by atoms with Crippen LogP contribution in [0.2, 0.25) is 0 Å². The number of hydrogen-bond acceptors (Lipinski definition) is 4. The summed E-state index contributed by atoms with van der Waals surface area (Å²) in [5.74, 6) is -0.662. The number of aromatic carboxylic acids is 1. The number of carbonyl (C=O) groups is 2. The van der Waals surface area contributed by atoms with Gasteiger partial charge in [-0.2, -0.15) is 0 Å². The number of rotatable bonds is 7. The average molecular weight is 368 g/mol. The van der Waals surface area contributed by atoms with E-state index < -0.39 is 12.0 Å². The van der Waals surface area contributed by atoms with Crippen LogP contribution in [0.1, 0.15) is 59.8 Å². The van der Waals surface area contributed by atoms with Crippen LogP contribution in [-0.4, -0.2) is 26.4 Å². The first kappa shape index (κ1) is 19.0. The maximum atomic E-state index is 13.1. The molecule has 2 aromatic heterocycles. The molecule has 6 heteroatoms. The highest BCUT2D eigenvalue weighted by Crippen LogP contribution is 2.32. The van der Waals surface area contributed by atoms with E-state index in [1.165, 1.54) is 31.2 Å². The van der Waals surface area contributed by atoms with E-state index in [-0.39, 0.29) is 23.3 Å². The minimum absolute atomic E-state index is 0.0647. The van der Waals surface area contributed by atoms with Crippen LogP contribution < -0.4 is 5.56 Å². The molecule has 6 nitrogen and oxygen atoms in total. The van der Waals surface area contributed by atoms with Crippen molar-refractivity contribution in [2.45, 2.75) is 51.5 Å². The van der Waals surface area contributed by atoms with Crippen LogP contribution in [-0.2, 0) is 11.2 Å². The van der Waals surface area contributed by atoms with Crippen molar-refractivity contribution in [3.8, 4) is 0 Å². The maximum Gasteiger partial charge on any atom is 0.337 e. The van der Waals surface area contributed by atoms with Gasteiger partial charge in [0.2, 0.25) is 0 Å². The number of carboxylic acid groups (broad SMARTS) is 1. The Balaban J connectivity index is 1.84. The molecule has 0 aromatic carbocycles. The van der Waals surface area contributed by atoms with E-state index >= 15 is 0 Å². The number of nitrogens with zero attached hydrogens (tertiary/aromatic N) is 2. The molecule has 3 rings (SSSR count). The lowest BCUT2D eigenvalue weighted by Crippen LogP contribution is -2.31. The third-order valence-corrected chi connectivity index (χ3v) is 5.25. The number of aromatic nitrogens is 2. The topological polar surface area (TPSA) is 89.3 Å². The van der Waals surface area contributed by atoms with Gasteiger partial charge in [-0.15, -0.1) is 0 Å². The third kappa shape index (κ3) is 4.70. The first-order valence-electron chi connectivity index (χ1n) is 9.34. The van der Waals surface area contributed by atoms with Gasteiger partial charge in [0.1, 0.15) is 0 Å². The highest BCUT2D eigenvalue weighted by molar-refractivity contribution is 5.87. The third-order valence-electron chi connectivity index (χ3n) is 5.25. The second kappa shape index (κ2) is 8.29. The lowest BCUT2D eigenvalue weighted by Gasteiger charge is -2.22. The fraction of sp³-hybridized carbons (Fsp3) is 0.429. The summed E-state index contributed by atoms with van der Waals surface area (Å²) in [6.45, 7) is 1.90. The van der Waals surface area contributed by atoms with Crippen molar-refractivity contribution in [2.75, 3.05) is 0 Å². The SMILES string of the molecule is Cc1ccc(=O)n([C@@H](CC2CCCC2)C(=O)Cc2ccc(C(=O)O)cn2)c1. The molecular weight excluding hydrogens is 344 g/mol. The monoisotopic (exact) mass is 368 g/mol. The van der Waals surface area contributed by atoms with Crippen molar-refractivity contribution in [1.82, 2.24) is 9.55 Å². The molecular formula is C21H24N2O4. The van der Waals surface area contributed by atoms with Crippen LogP contribution in [0.25, 0.3) is 0 Å². The summed E-state index contributed by atoms with van der Waals surface area (Å²) < 4.78 is 1.56. The molecule has 0 amide bonds. The summed E-state index contributed by atoms with van der Waals surface area (Å²) in [6.07, 6.45) is 8.29. The number of carboxylic acids is 1. The van der Waals surface area contributed by atoms with Gasteiger partial charge in [0.25, 0.3) is 5.56 Å². The standard InChI is InChI=1S/C21H24N2O4/c1-14-6-9-20(25)23(13-14)18(10-15-4-2-3-5-15)19(24)11-17-8-7-16(12-22-17)21(26)27/h6-9,12-13,15,18H,2-5,10-11H2,1H3,(H,26,27)/t18-/m0/s1. The van der Waals surface area contributed by atoms with Crippen LogP contribution >= 0.6 is 0 Å². The van der Waals surface area contributed by atoms with Crippen molar-refractivity contribution in [2.24, 2.45) is 5.92 Å². The largest absolute Gasteiger partial charge is 0.478 e. The normalized spacial score (nSPS) is 15.6. The zero-order valence-corrected chi connectivity index (χ0v) is 15.4. The van der Waals surface area contributed by atoms with Crippen LogP contribution in [0.3, 0.4) is 0 Å². The molecule has 27 heavy (non-hydrogen) atoms. The van der Waals surface area contributed by atoms with Crippen molar-refractivity contribution in [1.29, 1.82) is 0 Å². The quantitative estimate of drug-likeness (QED) is 0.811. The number of aryl methyl sites for hydroxylation is 1. The summed E-state index contributed by atoms with van der Waals surface area (Å²) in [7, 11) is 0. The molecule has 1 saturated carbocycles. The van der Waals surface area contributed by atoms with Crippen molar-refractivity contribution in [3.63, 3.8) is 0 Å². The minimum Gasteiger partial charge on any atom is -0.478 e. The predicted molar refractivity (Wildman–Crippen MR) is 101 cm³/mol. The predicted octanol–water partition coefficient (Wildman–Crippen LogP) is 3.18. The number of ketones is 1. The summed E-state index contributed by atoms with van der Waals surface area (Å²) in [5.41, 5.74) is 1.36. The number of pyridine rings is 2. The number of hydrogen-bond donors (Lipinski definition) is 1. The Labute approximate surface area is 157 Å². The molecule has 2 heterocycles. The van der Waals surface area contributed by atoms with Gasteiger partial charge in [0.15, 0.2) is 5.78 Å². The average Bonchev–Trinajstić information content (AvgIpc) is 3.15. The molecule has 1 aliphatic rings.